The van der Waals surface area contributed by atoms with Crippen LogP contribution < -0.4 is 0 Å². The molecule has 96 valence electrons. The topological polar surface area (TPSA) is 97.5 Å². The number of nitro benzene ring substituents is 1. The number of nitrogens with zero attached hydrogens (tertiary/aromatic N) is 1. The van der Waals surface area contributed by atoms with E-state index in [-0.39, 0.29) is 22.8 Å². The van der Waals surface area contributed by atoms with Gasteiger partial charge in [-0.3, -0.25) is 19.7 Å². The monoisotopic (exact) mass is 269 g/mol. The number of aliphatic carboxylic acids is 1. The first-order valence-electron chi connectivity index (χ1n) is 5.04. The van der Waals surface area contributed by atoms with Gasteiger partial charge in [-0.25, -0.2) is 0 Å². The van der Waals surface area contributed by atoms with E-state index in [0.717, 1.165) is 11.8 Å². The Labute approximate surface area is 107 Å². The Hall–Kier alpha value is -1.89. The van der Waals surface area contributed by atoms with Gasteiger partial charge in [0.15, 0.2) is 5.78 Å². The van der Waals surface area contributed by atoms with E-state index >= 15 is 0 Å². The summed E-state index contributed by atoms with van der Waals surface area (Å²) in [6.07, 6.45) is 0. The number of carboxylic acids is 1. The van der Waals surface area contributed by atoms with E-state index in [0.29, 0.717) is 0 Å². The van der Waals surface area contributed by atoms with Crippen molar-refractivity contribution in [3.63, 3.8) is 0 Å². The predicted molar refractivity (Wildman–Crippen MR) is 67.0 cm³/mol. The van der Waals surface area contributed by atoms with Crippen molar-refractivity contribution in [2.75, 3.05) is 5.75 Å². The van der Waals surface area contributed by atoms with Gasteiger partial charge >= 0.3 is 5.97 Å². The summed E-state index contributed by atoms with van der Waals surface area (Å²) in [5.74, 6) is -1.34. The van der Waals surface area contributed by atoms with Crippen molar-refractivity contribution in [1.82, 2.24) is 0 Å². The molecule has 0 aliphatic heterocycles. The number of carboxylic acid groups (broad SMARTS) is 1. The second-order valence-corrected chi connectivity index (χ2v) is 4.85. The van der Waals surface area contributed by atoms with Gasteiger partial charge in [-0.15, -0.1) is 11.8 Å². The molecule has 0 aliphatic rings. The number of rotatable bonds is 6. The first-order chi connectivity index (χ1) is 8.41. The minimum atomic E-state index is -0.994. The van der Waals surface area contributed by atoms with Gasteiger partial charge in [0.2, 0.25) is 0 Å². The molecular formula is C11H11NO5S. The third kappa shape index (κ3) is 3.85. The molecular weight excluding hydrogens is 258 g/mol. The number of hydrogen-bond acceptors (Lipinski definition) is 5. The molecule has 1 rings (SSSR count). The van der Waals surface area contributed by atoms with E-state index in [1.165, 1.54) is 31.2 Å². The lowest BCUT2D eigenvalue weighted by Crippen LogP contribution is -2.14. The van der Waals surface area contributed by atoms with Gasteiger partial charge in [0.05, 0.1) is 15.9 Å². The van der Waals surface area contributed by atoms with Crippen molar-refractivity contribution in [3.8, 4) is 0 Å². The zero-order valence-corrected chi connectivity index (χ0v) is 10.3. The van der Waals surface area contributed by atoms with Gasteiger partial charge in [0.25, 0.3) is 5.69 Å². The predicted octanol–water partition coefficient (Wildman–Crippen LogP) is 1.98. The molecule has 1 aromatic carbocycles. The highest BCUT2D eigenvalue weighted by molar-refractivity contribution is 8.01. The number of benzene rings is 1. The van der Waals surface area contributed by atoms with Gasteiger partial charge in [-0.2, -0.15) is 0 Å². The lowest BCUT2D eigenvalue weighted by atomic mass is 10.1. The quantitative estimate of drug-likeness (QED) is 0.481. The Morgan fingerprint density at radius 1 is 1.50 bits per heavy atom. The molecule has 0 unspecified atom stereocenters. The summed E-state index contributed by atoms with van der Waals surface area (Å²) in [5.41, 5.74) is 0.0615. The van der Waals surface area contributed by atoms with E-state index in [1.54, 1.807) is 0 Å². The maximum Gasteiger partial charge on any atom is 0.316 e. The second-order valence-electron chi connectivity index (χ2n) is 3.52. The number of Topliss-reactive ketones (excluding diaryl/α,β-unsaturated/α-hetero) is 1. The molecule has 18 heavy (non-hydrogen) atoms. The molecule has 0 amide bonds. The van der Waals surface area contributed by atoms with E-state index in [1.807, 2.05) is 0 Å². The van der Waals surface area contributed by atoms with Crippen LogP contribution in [-0.4, -0.2) is 32.8 Å². The average Bonchev–Trinajstić information content (AvgIpc) is 2.35. The van der Waals surface area contributed by atoms with Crippen LogP contribution in [0.2, 0.25) is 0 Å². The Morgan fingerprint density at radius 2 is 2.17 bits per heavy atom. The van der Waals surface area contributed by atoms with Gasteiger partial charge in [-0.05, 0) is 6.92 Å². The summed E-state index contributed by atoms with van der Waals surface area (Å²) in [5, 5.41) is 18.5. The van der Waals surface area contributed by atoms with Gasteiger partial charge in [0, 0.05) is 17.7 Å². The molecule has 0 saturated heterocycles. The summed E-state index contributed by atoms with van der Waals surface area (Å²) >= 11 is 0.983. The van der Waals surface area contributed by atoms with Crippen molar-refractivity contribution in [3.05, 3.63) is 39.9 Å². The third-order valence-corrected chi connectivity index (χ3v) is 3.32. The molecule has 1 atom stereocenters. The molecule has 0 aromatic heterocycles. The molecule has 0 spiro atoms. The minimum absolute atomic E-state index is 0.0192. The SMILES string of the molecule is C[C@H](SCC(=O)c1cccc([N+](=O)[O-])c1)C(=O)O. The van der Waals surface area contributed by atoms with Crippen LogP contribution in [0.3, 0.4) is 0 Å². The Morgan fingerprint density at radius 3 is 2.72 bits per heavy atom. The summed E-state index contributed by atoms with van der Waals surface area (Å²) in [7, 11) is 0. The minimum Gasteiger partial charge on any atom is -0.480 e. The van der Waals surface area contributed by atoms with Crippen LogP contribution >= 0.6 is 11.8 Å². The summed E-state index contributed by atoms with van der Waals surface area (Å²) in [6.45, 7) is 1.48. The average molecular weight is 269 g/mol. The fourth-order valence-electron chi connectivity index (χ4n) is 1.15. The molecule has 0 aliphatic carbocycles. The zero-order chi connectivity index (χ0) is 13.7. The molecule has 1 N–H and O–H groups in total. The normalized spacial score (nSPS) is 11.8. The standard InChI is InChI=1S/C11H11NO5S/c1-7(11(14)15)18-6-10(13)8-3-2-4-9(5-8)12(16)17/h2-5,7H,6H2,1H3,(H,14,15)/t7-/m0/s1. The van der Waals surface area contributed by atoms with Crippen LogP contribution in [0.1, 0.15) is 17.3 Å². The number of non-ortho nitro benzene ring substituents is 1. The zero-order valence-electron chi connectivity index (χ0n) is 9.53. The van der Waals surface area contributed by atoms with Crippen LogP contribution in [0.25, 0.3) is 0 Å². The first kappa shape index (κ1) is 14.2. The van der Waals surface area contributed by atoms with E-state index in [2.05, 4.69) is 0 Å². The fourth-order valence-corrected chi connectivity index (χ4v) is 1.86. The third-order valence-electron chi connectivity index (χ3n) is 2.19. The second kappa shape index (κ2) is 6.15. The van der Waals surface area contributed by atoms with Crippen molar-refractivity contribution in [2.24, 2.45) is 0 Å². The molecule has 0 heterocycles. The highest BCUT2D eigenvalue weighted by Crippen LogP contribution is 2.17. The molecule has 0 fully saturated rings. The summed E-state index contributed by atoms with van der Waals surface area (Å²) in [6, 6.07) is 5.39. The van der Waals surface area contributed by atoms with Crippen LogP contribution in [0, 0.1) is 10.1 Å². The van der Waals surface area contributed by atoms with Gasteiger partial charge < -0.3 is 5.11 Å². The maximum atomic E-state index is 11.7. The number of hydrogen-bond donors (Lipinski definition) is 1. The molecule has 6 nitrogen and oxygen atoms in total. The lowest BCUT2D eigenvalue weighted by molar-refractivity contribution is -0.384. The Balaban J connectivity index is 2.70. The Bertz CT molecular complexity index is 488. The van der Waals surface area contributed by atoms with Crippen molar-refractivity contribution in [1.29, 1.82) is 0 Å². The lowest BCUT2D eigenvalue weighted by Gasteiger charge is -2.05. The van der Waals surface area contributed by atoms with Crippen LogP contribution in [0.5, 0.6) is 0 Å². The number of carbonyl (C=O) groups is 2. The molecule has 1 aromatic rings. The first-order valence-corrected chi connectivity index (χ1v) is 6.08. The smallest absolute Gasteiger partial charge is 0.316 e. The van der Waals surface area contributed by atoms with Crippen LogP contribution in [0.15, 0.2) is 24.3 Å². The number of nitro groups is 1. The number of carbonyl (C=O) groups excluding carboxylic acids is 1. The molecule has 7 heteroatoms. The van der Waals surface area contributed by atoms with E-state index < -0.39 is 16.1 Å². The van der Waals surface area contributed by atoms with E-state index in [4.69, 9.17) is 5.11 Å². The van der Waals surface area contributed by atoms with Crippen LogP contribution in [0.4, 0.5) is 5.69 Å². The Kier molecular flexibility index (Phi) is 4.85. The highest BCUT2D eigenvalue weighted by atomic mass is 32.2. The molecule has 0 radical (unpaired) electrons. The summed E-state index contributed by atoms with van der Waals surface area (Å²) < 4.78 is 0. The van der Waals surface area contributed by atoms with Crippen molar-refractivity contribution in [2.45, 2.75) is 12.2 Å². The van der Waals surface area contributed by atoms with E-state index in [9.17, 15) is 19.7 Å². The number of ketones is 1. The van der Waals surface area contributed by atoms with Crippen LogP contribution in [-0.2, 0) is 4.79 Å². The molecule has 0 bridgehead atoms. The number of thioether (sulfide) groups is 1. The van der Waals surface area contributed by atoms with Crippen molar-refractivity contribution < 1.29 is 19.6 Å². The summed E-state index contributed by atoms with van der Waals surface area (Å²) in [4.78, 5) is 32.2. The largest absolute Gasteiger partial charge is 0.480 e. The van der Waals surface area contributed by atoms with Gasteiger partial charge in [-0.1, -0.05) is 12.1 Å². The molecule has 0 saturated carbocycles. The fraction of sp³-hybridized carbons (Fsp3) is 0.273. The maximum absolute atomic E-state index is 11.7. The highest BCUT2D eigenvalue weighted by Gasteiger charge is 2.16. The van der Waals surface area contributed by atoms with Crippen molar-refractivity contribution >= 4 is 29.2 Å². The van der Waals surface area contributed by atoms with Gasteiger partial charge in [0.1, 0.15) is 0 Å².